The Morgan fingerprint density at radius 2 is 1.55 bits per heavy atom. The van der Waals surface area contributed by atoms with Crippen molar-refractivity contribution in [3.05, 3.63) is 35.4 Å². The first-order valence-corrected chi connectivity index (χ1v) is 5.81. The Hall–Kier alpha value is -1.42. The lowest BCUT2D eigenvalue weighted by Crippen LogP contribution is -2.46. The molecule has 2 nitrogen and oxygen atoms in total. The van der Waals surface area contributed by atoms with Crippen LogP contribution in [-0.4, -0.2) is 29.6 Å². The second-order valence-electron chi connectivity index (χ2n) is 4.63. The van der Waals surface area contributed by atoms with E-state index in [2.05, 4.69) is 0 Å². The Morgan fingerprint density at radius 1 is 1.00 bits per heavy atom. The van der Waals surface area contributed by atoms with Gasteiger partial charge in [-0.15, -0.1) is 0 Å². The smallest absolute Gasteiger partial charge is 0.382 e. The topological polar surface area (TPSA) is 46.2 Å². The first-order chi connectivity index (χ1) is 9.76. The van der Waals surface area contributed by atoms with Crippen molar-refractivity contribution in [3.63, 3.8) is 0 Å². The van der Waals surface area contributed by atoms with Gasteiger partial charge in [0.15, 0.2) is 6.10 Å². The molecular weight excluding hydrogens is 326 g/mol. The predicted octanol–water partition coefficient (Wildman–Crippen LogP) is 3.13. The number of aliphatic hydroxyl groups excluding tert-OH is 1. The van der Waals surface area contributed by atoms with Crippen molar-refractivity contribution < 1.29 is 40.2 Å². The molecule has 0 heterocycles. The van der Waals surface area contributed by atoms with Gasteiger partial charge in [0, 0.05) is 11.6 Å². The summed E-state index contributed by atoms with van der Waals surface area (Å²) in [4.78, 5) is 0. The van der Waals surface area contributed by atoms with Crippen LogP contribution in [-0.2, 0) is 12.3 Å². The molecule has 0 spiro atoms. The maximum atomic E-state index is 13.1. The quantitative estimate of drug-likeness (QED) is 0.830. The molecule has 3 N–H and O–H groups in total. The average Bonchev–Trinajstić information content (AvgIpc) is 2.35. The van der Waals surface area contributed by atoms with Crippen LogP contribution < -0.4 is 5.73 Å². The van der Waals surface area contributed by atoms with Gasteiger partial charge in [0.2, 0.25) is 0 Å². The number of alkyl halides is 8. The van der Waals surface area contributed by atoms with Gasteiger partial charge >= 0.3 is 18.3 Å². The second-order valence-corrected chi connectivity index (χ2v) is 4.63. The highest BCUT2D eigenvalue weighted by atomic mass is 19.4. The number of aliphatic hydroxyl groups is 1. The van der Waals surface area contributed by atoms with Gasteiger partial charge in [-0.3, -0.25) is 0 Å². The molecule has 22 heavy (non-hydrogen) atoms. The van der Waals surface area contributed by atoms with Crippen molar-refractivity contribution in [2.45, 2.75) is 36.8 Å². The summed E-state index contributed by atoms with van der Waals surface area (Å²) in [6.45, 7) is 0. The van der Waals surface area contributed by atoms with E-state index in [4.69, 9.17) is 10.8 Å². The zero-order valence-electron chi connectivity index (χ0n) is 10.7. The van der Waals surface area contributed by atoms with E-state index in [1.54, 1.807) is 0 Å². The molecule has 0 saturated carbocycles. The third-order valence-corrected chi connectivity index (χ3v) is 2.86. The summed E-state index contributed by atoms with van der Waals surface area (Å²) in [5.74, 6) is -5.14. The minimum absolute atomic E-state index is 0.280. The Kier molecular flexibility index (Phi) is 5.08. The molecule has 1 aromatic carbocycles. The summed E-state index contributed by atoms with van der Waals surface area (Å²) in [6, 6.07) is 0.907. The van der Waals surface area contributed by atoms with Crippen molar-refractivity contribution in [2.24, 2.45) is 5.73 Å². The summed E-state index contributed by atoms with van der Waals surface area (Å²) in [7, 11) is 0. The van der Waals surface area contributed by atoms with Crippen LogP contribution in [0.15, 0.2) is 24.3 Å². The highest BCUT2D eigenvalue weighted by molar-refractivity contribution is 5.28. The zero-order valence-corrected chi connectivity index (χ0v) is 10.7. The van der Waals surface area contributed by atoms with Crippen LogP contribution >= 0.6 is 0 Å². The maximum Gasteiger partial charge on any atom is 0.458 e. The van der Waals surface area contributed by atoms with Crippen molar-refractivity contribution >= 4 is 0 Å². The Balaban J connectivity index is 2.99. The molecule has 0 aliphatic heterocycles. The monoisotopic (exact) mass is 337 g/mol. The van der Waals surface area contributed by atoms with E-state index < -0.39 is 42.4 Å². The molecule has 126 valence electrons. The molecule has 2 unspecified atom stereocenters. The molecule has 0 radical (unpaired) electrons. The summed E-state index contributed by atoms with van der Waals surface area (Å²) < 4.78 is 99.7. The fourth-order valence-corrected chi connectivity index (χ4v) is 1.68. The number of hydrogen-bond acceptors (Lipinski definition) is 2. The van der Waals surface area contributed by atoms with Crippen LogP contribution in [0, 0.1) is 0 Å². The van der Waals surface area contributed by atoms with Gasteiger partial charge < -0.3 is 10.8 Å². The lowest BCUT2D eigenvalue weighted by molar-refractivity contribution is -0.289. The standard InChI is InChI=1S/C12H11F8NO/c13-10(14,12(18,19)20)7-3-1-2-6(4-7)5-8(21)9(22)11(15,16)17/h1-4,8-9,22H,5,21H2. The molecule has 0 saturated heterocycles. The number of rotatable bonds is 4. The molecule has 0 bridgehead atoms. The number of hydrogen-bond donors (Lipinski definition) is 2. The van der Waals surface area contributed by atoms with Gasteiger partial charge in [0.25, 0.3) is 0 Å². The second kappa shape index (κ2) is 5.99. The summed E-state index contributed by atoms with van der Waals surface area (Å²) in [6.07, 6.45) is -14.5. The fourth-order valence-electron chi connectivity index (χ4n) is 1.68. The summed E-state index contributed by atoms with van der Waals surface area (Å²) in [5.41, 5.74) is 3.41. The number of nitrogens with two attached hydrogens (primary N) is 1. The van der Waals surface area contributed by atoms with E-state index in [9.17, 15) is 35.1 Å². The van der Waals surface area contributed by atoms with E-state index in [0.29, 0.717) is 12.1 Å². The highest BCUT2D eigenvalue weighted by Crippen LogP contribution is 2.43. The first kappa shape index (κ1) is 18.6. The minimum atomic E-state index is -5.83. The average molecular weight is 337 g/mol. The SMILES string of the molecule is NC(Cc1cccc(C(F)(F)C(F)(F)F)c1)C(O)C(F)(F)F. The highest BCUT2D eigenvalue weighted by Gasteiger charge is 2.58. The maximum absolute atomic E-state index is 13.1. The van der Waals surface area contributed by atoms with E-state index >= 15 is 0 Å². The molecular formula is C12H11F8NO. The van der Waals surface area contributed by atoms with Crippen LogP contribution in [0.5, 0.6) is 0 Å². The summed E-state index contributed by atoms with van der Waals surface area (Å²) in [5, 5.41) is 8.90. The third kappa shape index (κ3) is 4.07. The van der Waals surface area contributed by atoms with E-state index in [-0.39, 0.29) is 5.56 Å². The molecule has 1 rings (SSSR count). The number of benzene rings is 1. The zero-order chi connectivity index (χ0) is 17.3. The molecule has 0 fully saturated rings. The van der Waals surface area contributed by atoms with Gasteiger partial charge in [-0.2, -0.15) is 35.1 Å². The van der Waals surface area contributed by atoms with Crippen LogP contribution in [0.2, 0.25) is 0 Å². The molecule has 0 amide bonds. The van der Waals surface area contributed by atoms with E-state index in [1.807, 2.05) is 0 Å². The lowest BCUT2D eigenvalue weighted by atomic mass is 9.98. The van der Waals surface area contributed by atoms with Crippen molar-refractivity contribution in [2.75, 3.05) is 0 Å². The summed E-state index contributed by atoms with van der Waals surface area (Å²) >= 11 is 0. The molecule has 10 heteroatoms. The van der Waals surface area contributed by atoms with Gasteiger partial charge in [0.05, 0.1) is 0 Å². The number of halogens is 8. The van der Waals surface area contributed by atoms with E-state index in [0.717, 1.165) is 12.1 Å². The normalized spacial score (nSPS) is 16.5. The van der Waals surface area contributed by atoms with Crippen LogP contribution in [0.3, 0.4) is 0 Å². The minimum Gasteiger partial charge on any atom is -0.382 e. The van der Waals surface area contributed by atoms with Crippen molar-refractivity contribution in [3.8, 4) is 0 Å². The van der Waals surface area contributed by atoms with Crippen LogP contribution in [0.25, 0.3) is 0 Å². The van der Waals surface area contributed by atoms with Crippen LogP contribution in [0.1, 0.15) is 11.1 Å². The van der Waals surface area contributed by atoms with Crippen LogP contribution in [0.4, 0.5) is 35.1 Å². The van der Waals surface area contributed by atoms with Gasteiger partial charge in [-0.05, 0) is 18.1 Å². The molecule has 1 aromatic rings. The predicted molar refractivity (Wildman–Crippen MR) is 60.1 cm³/mol. The molecule has 0 aliphatic rings. The van der Waals surface area contributed by atoms with Crippen molar-refractivity contribution in [1.29, 1.82) is 0 Å². The Bertz CT molecular complexity index is 511. The molecule has 0 aliphatic carbocycles. The molecule has 2 atom stereocenters. The van der Waals surface area contributed by atoms with Crippen molar-refractivity contribution in [1.82, 2.24) is 0 Å². The first-order valence-electron chi connectivity index (χ1n) is 5.81. The Labute approximate surface area is 119 Å². The largest absolute Gasteiger partial charge is 0.458 e. The van der Waals surface area contributed by atoms with E-state index in [1.165, 1.54) is 0 Å². The van der Waals surface area contributed by atoms with Gasteiger partial charge in [0.1, 0.15) is 0 Å². The van der Waals surface area contributed by atoms with Gasteiger partial charge in [-0.25, -0.2) is 0 Å². The lowest BCUT2D eigenvalue weighted by Gasteiger charge is -2.23. The Morgan fingerprint density at radius 3 is 2.00 bits per heavy atom. The molecule has 0 aromatic heterocycles. The third-order valence-electron chi connectivity index (χ3n) is 2.86. The van der Waals surface area contributed by atoms with Gasteiger partial charge in [-0.1, -0.05) is 18.2 Å². The fraction of sp³-hybridized carbons (Fsp3) is 0.500.